The third-order valence-electron chi connectivity index (χ3n) is 3.38. The molecule has 124 valence electrons. The predicted octanol–water partition coefficient (Wildman–Crippen LogP) is -1.50. The topological polar surface area (TPSA) is 134 Å². The first-order valence-corrected chi connectivity index (χ1v) is 7.97. The quantitative estimate of drug-likeness (QED) is 0.489. The number of hydrogen-bond acceptors (Lipinski definition) is 8. The monoisotopic (exact) mass is 334 g/mol. The number of aliphatic hydroxyl groups is 4. The maximum absolute atomic E-state index is 12.0. The van der Waals surface area contributed by atoms with Crippen LogP contribution in [0.3, 0.4) is 0 Å². The lowest BCUT2D eigenvalue weighted by molar-refractivity contribution is -0.285. The molecule has 1 saturated heterocycles. The zero-order valence-corrected chi connectivity index (χ0v) is 12.5. The van der Waals surface area contributed by atoms with Gasteiger partial charge in [-0.3, -0.25) is 4.18 Å². The van der Waals surface area contributed by atoms with Gasteiger partial charge in [-0.1, -0.05) is 17.7 Å². The molecular formula is C13H18O8S. The van der Waals surface area contributed by atoms with Crippen LogP contribution in [0, 0.1) is 6.92 Å². The second kappa shape index (κ2) is 6.59. The minimum atomic E-state index is -4.07. The van der Waals surface area contributed by atoms with E-state index in [0.717, 1.165) is 5.56 Å². The Hall–Kier alpha value is -1.07. The molecule has 0 spiro atoms. The van der Waals surface area contributed by atoms with Gasteiger partial charge in [-0.25, -0.2) is 0 Å². The van der Waals surface area contributed by atoms with Crippen molar-refractivity contribution in [2.45, 2.75) is 42.5 Å². The fraction of sp³-hybridized carbons (Fsp3) is 0.538. The molecule has 0 aliphatic carbocycles. The van der Waals surface area contributed by atoms with Gasteiger partial charge in [0.1, 0.15) is 24.4 Å². The van der Waals surface area contributed by atoms with Gasteiger partial charge in [-0.2, -0.15) is 8.42 Å². The maximum atomic E-state index is 12.0. The zero-order valence-electron chi connectivity index (χ0n) is 11.7. The molecule has 0 amide bonds. The molecule has 2 rings (SSSR count). The fourth-order valence-corrected chi connectivity index (χ4v) is 2.92. The predicted molar refractivity (Wildman–Crippen MR) is 73.2 cm³/mol. The van der Waals surface area contributed by atoms with Crippen LogP contribution >= 0.6 is 0 Å². The molecule has 1 fully saturated rings. The summed E-state index contributed by atoms with van der Waals surface area (Å²) < 4.78 is 33.6. The second-order valence-corrected chi connectivity index (χ2v) is 6.70. The Morgan fingerprint density at radius 1 is 1.05 bits per heavy atom. The maximum Gasteiger partial charge on any atom is 0.297 e. The second-order valence-electron chi connectivity index (χ2n) is 5.09. The number of aliphatic hydroxyl groups excluding tert-OH is 4. The third-order valence-corrected chi connectivity index (χ3v) is 4.68. The van der Waals surface area contributed by atoms with Gasteiger partial charge >= 0.3 is 0 Å². The highest BCUT2D eigenvalue weighted by atomic mass is 32.2. The van der Waals surface area contributed by atoms with Gasteiger partial charge in [0, 0.05) is 0 Å². The van der Waals surface area contributed by atoms with Crippen molar-refractivity contribution in [3.63, 3.8) is 0 Å². The highest BCUT2D eigenvalue weighted by Crippen LogP contribution is 2.21. The SMILES string of the molecule is Cc1ccc(S(=O)(=O)OCC2O[C@H](O)[C@H](O)C(O)[C@@H]2O)cc1. The van der Waals surface area contributed by atoms with Crippen molar-refractivity contribution in [1.29, 1.82) is 0 Å². The molecule has 1 aliphatic heterocycles. The number of aryl methyl sites for hydroxylation is 1. The van der Waals surface area contributed by atoms with E-state index in [2.05, 4.69) is 0 Å². The molecule has 5 atom stereocenters. The molecular weight excluding hydrogens is 316 g/mol. The Labute approximate surface area is 127 Å². The molecule has 22 heavy (non-hydrogen) atoms. The summed E-state index contributed by atoms with van der Waals surface area (Å²) in [4.78, 5) is -0.0652. The van der Waals surface area contributed by atoms with Gasteiger partial charge in [-0.15, -0.1) is 0 Å². The molecule has 1 aromatic carbocycles. The van der Waals surface area contributed by atoms with Gasteiger partial charge < -0.3 is 25.2 Å². The first kappa shape index (κ1) is 17.3. The Bertz CT molecular complexity index is 599. The lowest BCUT2D eigenvalue weighted by Gasteiger charge is -2.37. The van der Waals surface area contributed by atoms with Gasteiger partial charge in [-0.05, 0) is 19.1 Å². The van der Waals surface area contributed by atoms with E-state index in [9.17, 15) is 28.8 Å². The summed E-state index contributed by atoms with van der Waals surface area (Å²) >= 11 is 0. The molecule has 9 heteroatoms. The molecule has 1 aliphatic rings. The van der Waals surface area contributed by atoms with Crippen LogP contribution in [0.2, 0.25) is 0 Å². The third kappa shape index (κ3) is 3.63. The summed E-state index contributed by atoms with van der Waals surface area (Å²) in [5, 5.41) is 37.9. The van der Waals surface area contributed by atoms with E-state index in [0.29, 0.717) is 0 Å². The summed E-state index contributed by atoms with van der Waals surface area (Å²) in [6, 6.07) is 5.95. The Balaban J connectivity index is 2.04. The van der Waals surface area contributed by atoms with E-state index < -0.39 is 47.4 Å². The van der Waals surface area contributed by atoms with Crippen LogP contribution in [0.4, 0.5) is 0 Å². The lowest BCUT2D eigenvalue weighted by atomic mass is 10.00. The minimum absolute atomic E-state index is 0.0652. The summed E-state index contributed by atoms with van der Waals surface area (Å²) in [6.45, 7) is 1.19. The van der Waals surface area contributed by atoms with Gasteiger partial charge in [0.05, 0.1) is 11.5 Å². The highest BCUT2D eigenvalue weighted by Gasteiger charge is 2.43. The van der Waals surface area contributed by atoms with Crippen molar-refractivity contribution in [2.24, 2.45) is 0 Å². The Morgan fingerprint density at radius 3 is 2.23 bits per heavy atom. The van der Waals surface area contributed by atoms with Crippen LogP contribution in [0.25, 0.3) is 0 Å². The normalized spacial score (nSPS) is 32.9. The van der Waals surface area contributed by atoms with E-state index in [-0.39, 0.29) is 4.90 Å². The molecule has 1 aromatic rings. The van der Waals surface area contributed by atoms with E-state index in [1.807, 2.05) is 0 Å². The Kier molecular flexibility index (Phi) is 5.17. The summed E-state index contributed by atoms with van der Waals surface area (Å²) in [5.41, 5.74) is 0.880. The number of rotatable bonds is 4. The summed E-state index contributed by atoms with van der Waals surface area (Å²) in [5.74, 6) is 0. The van der Waals surface area contributed by atoms with Crippen molar-refractivity contribution >= 4 is 10.1 Å². The molecule has 1 heterocycles. The highest BCUT2D eigenvalue weighted by molar-refractivity contribution is 7.86. The first-order chi connectivity index (χ1) is 10.2. The van der Waals surface area contributed by atoms with Crippen molar-refractivity contribution < 1.29 is 37.8 Å². The first-order valence-electron chi connectivity index (χ1n) is 6.56. The smallest absolute Gasteiger partial charge is 0.297 e. The Morgan fingerprint density at radius 2 is 1.64 bits per heavy atom. The average molecular weight is 334 g/mol. The van der Waals surface area contributed by atoms with Gasteiger partial charge in [0.25, 0.3) is 10.1 Å². The largest absolute Gasteiger partial charge is 0.387 e. The van der Waals surface area contributed by atoms with Crippen molar-refractivity contribution in [2.75, 3.05) is 6.61 Å². The molecule has 4 N–H and O–H groups in total. The van der Waals surface area contributed by atoms with Crippen molar-refractivity contribution in [1.82, 2.24) is 0 Å². The number of ether oxygens (including phenoxy) is 1. The van der Waals surface area contributed by atoms with Crippen molar-refractivity contribution in [3.8, 4) is 0 Å². The summed E-state index contributed by atoms with van der Waals surface area (Å²) in [6.07, 6.45) is -7.98. The van der Waals surface area contributed by atoms with Gasteiger partial charge in [0.15, 0.2) is 6.29 Å². The molecule has 2 unspecified atom stereocenters. The van der Waals surface area contributed by atoms with Crippen LogP contribution < -0.4 is 0 Å². The molecule has 0 saturated carbocycles. The minimum Gasteiger partial charge on any atom is -0.387 e. The van der Waals surface area contributed by atoms with Crippen molar-refractivity contribution in [3.05, 3.63) is 29.8 Å². The summed E-state index contributed by atoms with van der Waals surface area (Å²) in [7, 11) is -4.07. The number of benzene rings is 1. The van der Waals surface area contributed by atoms with E-state index >= 15 is 0 Å². The fourth-order valence-electron chi connectivity index (χ4n) is 2.00. The van der Waals surface area contributed by atoms with Crippen LogP contribution in [0.1, 0.15) is 5.56 Å². The average Bonchev–Trinajstić information content (AvgIpc) is 2.48. The molecule has 8 nitrogen and oxygen atoms in total. The van der Waals surface area contributed by atoms with Gasteiger partial charge in [0.2, 0.25) is 0 Å². The van der Waals surface area contributed by atoms with Crippen LogP contribution in [0.5, 0.6) is 0 Å². The van der Waals surface area contributed by atoms with E-state index in [1.165, 1.54) is 12.1 Å². The zero-order chi connectivity index (χ0) is 16.5. The van der Waals surface area contributed by atoms with E-state index in [1.54, 1.807) is 19.1 Å². The van der Waals surface area contributed by atoms with E-state index in [4.69, 9.17) is 8.92 Å². The molecule has 0 bridgehead atoms. The van der Waals surface area contributed by atoms with Crippen LogP contribution in [-0.4, -0.2) is 66.2 Å². The van der Waals surface area contributed by atoms with Crippen LogP contribution in [0.15, 0.2) is 29.2 Å². The molecule has 0 aromatic heterocycles. The lowest BCUT2D eigenvalue weighted by Crippen LogP contribution is -2.58. The standard InChI is InChI=1S/C13H18O8S/c1-7-2-4-8(5-3-7)22(18,19)20-6-9-10(14)11(15)12(16)13(17)21-9/h2-5,9-17H,6H2,1H3/t9?,10-,11?,12-,13+/m1/s1. The number of hydrogen-bond donors (Lipinski definition) is 4. The van der Waals surface area contributed by atoms with Crippen LogP contribution in [-0.2, 0) is 19.0 Å². The molecule has 0 radical (unpaired) electrons.